The molecule has 0 aliphatic rings. The van der Waals surface area contributed by atoms with Crippen molar-refractivity contribution in [1.29, 1.82) is 0 Å². The maximum Gasteiger partial charge on any atom is 0.137 e. The molecule has 0 fully saturated rings. The molecule has 1 aromatic rings. The second kappa shape index (κ2) is 8.62. The molecule has 0 spiro atoms. The highest BCUT2D eigenvalue weighted by atomic mass is 35.5. The van der Waals surface area contributed by atoms with E-state index in [0.717, 1.165) is 25.1 Å². The van der Waals surface area contributed by atoms with Crippen LogP contribution in [0.2, 0.25) is 5.02 Å². The van der Waals surface area contributed by atoms with Gasteiger partial charge in [-0.2, -0.15) is 0 Å². The second-order valence-electron chi connectivity index (χ2n) is 5.93. The number of methoxy groups -OCH3 is 1. The molecule has 1 atom stereocenters. The summed E-state index contributed by atoms with van der Waals surface area (Å²) in [7, 11) is 1.71. The Kier molecular flexibility index (Phi) is 7.50. The minimum Gasteiger partial charge on any atom is -0.492 e. The molecular formula is C17H28ClNO2. The van der Waals surface area contributed by atoms with E-state index in [1.165, 1.54) is 5.56 Å². The summed E-state index contributed by atoms with van der Waals surface area (Å²) in [4.78, 5) is 0. The zero-order valence-electron chi connectivity index (χ0n) is 13.8. The quantitative estimate of drug-likeness (QED) is 0.723. The second-order valence-corrected chi connectivity index (χ2v) is 6.34. The van der Waals surface area contributed by atoms with E-state index in [4.69, 9.17) is 21.1 Å². The zero-order chi connectivity index (χ0) is 15.9. The van der Waals surface area contributed by atoms with Crippen LogP contribution in [-0.4, -0.2) is 25.9 Å². The third-order valence-corrected chi connectivity index (χ3v) is 3.97. The van der Waals surface area contributed by atoms with E-state index < -0.39 is 0 Å². The van der Waals surface area contributed by atoms with E-state index in [1.54, 1.807) is 7.11 Å². The third-order valence-electron chi connectivity index (χ3n) is 3.67. The largest absolute Gasteiger partial charge is 0.492 e. The first-order valence-electron chi connectivity index (χ1n) is 7.60. The average Bonchev–Trinajstić information content (AvgIpc) is 2.46. The molecule has 1 rings (SSSR count). The van der Waals surface area contributed by atoms with Gasteiger partial charge in [0.05, 0.1) is 17.2 Å². The first kappa shape index (κ1) is 18.3. The number of hydrogen-bond acceptors (Lipinski definition) is 3. The van der Waals surface area contributed by atoms with Gasteiger partial charge in [-0.15, -0.1) is 0 Å². The summed E-state index contributed by atoms with van der Waals surface area (Å²) < 4.78 is 11.1. The van der Waals surface area contributed by atoms with Gasteiger partial charge in [-0.1, -0.05) is 24.6 Å². The van der Waals surface area contributed by atoms with Crippen LogP contribution in [0.5, 0.6) is 5.75 Å². The standard InChI is InChI=1S/C17H28ClNO2/c1-6-10-19-13(2)14-7-8-16(15(18)12-14)21-11-9-17(3,4)20-5/h7-8,12-13,19H,6,9-11H2,1-5H3. The van der Waals surface area contributed by atoms with E-state index in [2.05, 4.69) is 25.2 Å². The first-order valence-corrected chi connectivity index (χ1v) is 7.98. The van der Waals surface area contributed by atoms with E-state index in [9.17, 15) is 0 Å². The Labute approximate surface area is 134 Å². The summed E-state index contributed by atoms with van der Waals surface area (Å²) >= 11 is 6.31. The first-order chi connectivity index (χ1) is 9.89. The van der Waals surface area contributed by atoms with Gasteiger partial charge in [0.15, 0.2) is 0 Å². The summed E-state index contributed by atoms with van der Waals surface area (Å²) in [6.45, 7) is 9.98. The molecule has 0 aliphatic carbocycles. The number of halogens is 1. The fourth-order valence-corrected chi connectivity index (χ4v) is 2.13. The van der Waals surface area contributed by atoms with Gasteiger partial charge in [0.25, 0.3) is 0 Å². The van der Waals surface area contributed by atoms with E-state index >= 15 is 0 Å². The third kappa shape index (κ3) is 6.25. The highest BCUT2D eigenvalue weighted by Crippen LogP contribution is 2.28. The molecule has 3 nitrogen and oxygen atoms in total. The highest BCUT2D eigenvalue weighted by Gasteiger charge is 2.16. The monoisotopic (exact) mass is 313 g/mol. The number of nitrogens with one attached hydrogen (secondary N) is 1. The SMILES string of the molecule is CCCNC(C)c1ccc(OCCC(C)(C)OC)c(Cl)c1. The molecule has 0 aliphatic heterocycles. The molecule has 21 heavy (non-hydrogen) atoms. The maximum absolute atomic E-state index is 6.31. The lowest BCUT2D eigenvalue weighted by atomic mass is 10.1. The van der Waals surface area contributed by atoms with Crippen molar-refractivity contribution >= 4 is 11.6 Å². The van der Waals surface area contributed by atoms with Crippen LogP contribution in [0.3, 0.4) is 0 Å². The zero-order valence-corrected chi connectivity index (χ0v) is 14.6. The normalized spacial score (nSPS) is 13.2. The van der Waals surface area contributed by atoms with Crippen molar-refractivity contribution in [2.75, 3.05) is 20.3 Å². The summed E-state index contributed by atoms with van der Waals surface area (Å²) in [6.07, 6.45) is 1.94. The Morgan fingerprint density at radius 2 is 2.05 bits per heavy atom. The molecule has 4 heteroatoms. The van der Waals surface area contributed by atoms with Gasteiger partial charge in [-0.3, -0.25) is 0 Å². The lowest BCUT2D eigenvalue weighted by molar-refractivity contribution is 0.00546. The fraction of sp³-hybridized carbons (Fsp3) is 0.647. The Hall–Kier alpha value is -0.770. The summed E-state index contributed by atoms with van der Waals surface area (Å²) in [5, 5.41) is 4.11. The lowest BCUT2D eigenvalue weighted by Gasteiger charge is -2.23. The van der Waals surface area contributed by atoms with Crippen LogP contribution in [0.4, 0.5) is 0 Å². The van der Waals surface area contributed by atoms with Crippen molar-refractivity contribution in [3.8, 4) is 5.75 Å². The smallest absolute Gasteiger partial charge is 0.137 e. The number of ether oxygens (including phenoxy) is 2. The number of hydrogen-bond donors (Lipinski definition) is 1. The summed E-state index contributed by atoms with van der Waals surface area (Å²) in [5.41, 5.74) is 1.00. The maximum atomic E-state index is 6.31. The van der Waals surface area contributed by atoms with Gasteiger partial charge in [-0.05, 0) is 51.4 Å². The predicted octanol–water partition coefficient (Wildman–Crippen LogP) is 4.59. The van der Waals surface area contributed by atoms with Crippen molar-refractivity contribution in [2.45, 2.75) is 52.2 Å². The van der Waals surface area contributed by atoms with Gasteiger partial charge >= 0.3 is 0 Å². The van der Waals surface area contributed by atoms with E-state index in [1.807, 2.05) is 26.0 Å². The Morgan fingerprint density at radius 1 is 1.33 bits per heavy atom. The lowest BCUT2D eigenvalue weighted by Crippen LogP contribution is -2.25. The Bertz CT molecular complexity index is 435. The molecule has 0 saturated carbocycles. The van der Waals surface area contributed by atoms with Crippen molar-refractivity contribution in [2.24, 2.45) is 0 Å². The van der Waals surface area contributed by atoms with Crippen molar-refractivity contribution in [3.63, 3.8) is 0 Å². The molecule has 0 radical (unpaired) electrons. The summed E-state index contributed by atoms with van der Waals surface area (Å²) in [6, 6.07) is 6.28. The molecular weight excluding hydrogens is 286 g/mol. The van der Waals surface area contributed by atoms with Crippen LogP contribution in [0.1, 0.15) is 52.1 Å². The topological polar surface area (TPSA) is 30.5 Å². The summed E-state index contributed by atoms with van der Waals surface area (Å²) in [5.74, 6) is 0.731. The molecule has 0 amide bonds. The highest BCUT2D eigenvalue weighted by molar-refractivity contribution is 6.32. The van der Waals surface area contributed by atoms with E-state index in [-0.39, 0.29) is 5.60 Å². The van der Waals surface area contributed by atoms with Crippen LogP contribution in [0, 0.1) is 0 Å². The number of benzene rings is 1. The molecule has 120 valence electrons. The fourth-order valence-electron chi connectivity index (χ4n) is 1.89. The Balaban J connectivity index is 2.58. The van der Waals surface area contributed by atoms with Crippen molar-refractivity contribution in [3.05, 3.63) is 28.8 Å². The van der Waals surface area contributed by atoms with Gasteiger partial charge in [-0.25, -0.2) is 0 Å². The molecule has 1 unspecified atom stereocenters. The van der Waals surface area contributed by atoms with Gasteiger partial charge < -0.3 is 14.8 Å². The molecule has 1 N–H and O–H groups in total. The van der Waals surface area contributed by atoms with Gasteiger partial charge in [0.2, 0.25) is 0 Å². The van der Waals surface area contributed by atoms with Crippen molar-refractivity contribution in [1.82, 2.24) is 5.32 Å². The van der Waals surface area contributed by atoms with Gasteiger partial charge in [0.1, 0.15) is 5.75 Å². The van der Waals surface area contributed by atoms with Crippen molar-refractivity contribution < 1.29 is 9.47 Å². The Morgan fingerprint density at radius 3 is 2.62 bits per heavy atom. The molecule has 0 heterocycles. The number of rotatable bonds is 9. The molecule has 1 aromatic carbocycles. The van der Waals surface area contributed by atoms with E-state index in [0.29, 0.717) is 17.7 Å². The van der Waals surface area contributed by atoms with Crippen LogP contribution in [0.15, 0.2) is 18.2 Å². The van der Waals surface area contributed by atoms with Gasteiger partial charge in [0, 0.05) is 19.6 Å². The average molecular weight is 314 g/mol. The predicted molar refractivity (Wildman–Crippen MR) is 89.4 cm³/mol. The molecule has 0 aromatic heterocycles. The minimum atomic E-state index is -0.176. The van der Waals surface area contributed by atoms with Crippen LogP contribution in [0.25, 0.3) is 0 Å². The molecule has 0 saturated heterocycles. The van der Waals surface area contributed by atoms with Crippen LogP contribution >= 0.6 is 11.6 Å². The van der Waals surface area contributed by atoms with Crippen LogP contribution in [-0.2, 0) is 4.74 Å². The molecule has 0 bridgehead atoms. The van der Waals surface area contributed by atoms with Crippen LogP contribution < -0.4 is 10.1 Å². The minimum absolute atomic E-state index is 0.176.